The lowest BCUT2D eigenvalue weighted by molar-refractivity contribution is 0.106. The summed E-state index contributed by atoms with van der Waals surface area (Å²) >= 11 is 0. The number of nitrogens with one attached hydrogen (secondary N) is 1. The van der Waals surface area contributed by atoms with Crippen LogP contribution in [0.4, 0.5) is 0 Å². The summed E-state index contributed by atoms with van der Waals surface area (Å²) in [6, 6.07) is 17.9. The lowest BCUT2D eigenvalue weighted by atomic mass is 9.91. The van der Waals surface area contributed by atoms with E-state index in [9.17, 15) is 8.42 Å². The summed E-state index contributed by atoms with van der Waals surface area (Å²) in [5, 5.41) is 0. The fourth-order valence-corrected chi connectivity index (χ4v) is 5.08. The molecular weight excluding hydrogens is 358 g/mol. The van der Waals surface area contributed by atoms with Crippen LogP contribution in [0.5, 0.6) is 0 Å². The van der Waals surface area contributed by atoms with E-state index in [0.717, 1.165) is 42.4 Å². The summed E-state index contributed by atoms with van der Waals surface area (Å²) < 4.78 is 33.5. The summed E-state index contributed by atoms with van der Waals surface area (Å²) in [6.45, 7) is 1.33. The van der Waals surface area contributed by atoms with Crippen molar-refractivity contribution >= 4 is 10.0 Å². The van der Waals surface area contributed by atoms with Gasteiger partial charge >= 0.3 is 0 Å². The van der Waals surface area contributed by atoms with E-state index >= 15 is 0 Å². The van der Waals surface area contributed by atoms with E-state index in [4.69, 9.17) is 4.74 Å². The predicted molar refractivity (Wildman–Crippen MR) is 109 cm³/mol. The van der Waals surface area contributed by atoms with Gasteiger partial charge in [-0.15, -0.1) is 0 Å². The first-order chi connectivity index (χ1) is 13.1. The standard InChI is InChI=1S/C22H29NO3S/c24-27(25,18-20-11-5-2-6-12-20)23-15-21-13-7-8-14-22(21)17-26-16-19-9-3-1-4-10-19/h1,3-4,7-10,13-14,20,23H,2,5-6,11-12,15-18H2. The number of sulfonamides is 1. The van der Waals surface area contributed by atoms with Crippen molar-refractivity contribution < 1.29 is 13.2 Å². The molecule has 1 fully saturated rings. The van der Waals surface area contributed by atoms with Crippen molar-refractivity contribution in [3.8, 4) is 0 Å². The minimum Gasteiger partial charge on any atom is -0.372 e. The van der Waals surface area contributed by atoms with E-state index < -0.39 is 10.0 Å². The zero-order valence-electron chi connectivity index (χ0n) is 15.8. The molecule has 0 amide bonds. The smallest absolute Gasteiger partial charge is 0.212 e. The van der Waals surface area contributed by atoms with Crippen LogP contribution in [0.1, 0.15) is 48.8 Å². The van der Waals surface area contributed by atoms with Crippen LogP contribution in [-0.2, 0) is 34.5 Å². The second-order valence-electron chi connectivity index (χ2n) is 7.35. The Morgan fingerprint density at radius 2 is 1.52 bits per heavy atom. The molecule has 0 heterocycles. The number of hydrogen-bond acceptors (Lipinski definition) is 3. The third-order valence-electron chi connectivity index (χ3n) is 5.15. The van der Waals surface area contributed by atoms with Gasteiger partial charge in [-0.2, -0.15) is 0 Å². The molecule has 5 heteroatoms. The van der Waals surface area contributed by atoms with E-state index in [1.807, 2.05) is 54.6 Å². The Balaban J connectivity index is 1.52. The van der Waals surface area contributed by atoms with Crippen LogP contribution in [0, 0.1) is 5.92 Å². The first-order valence-corrected chi connectivity index (χ1v) is 11.4. The van der Waals surface area contributed by atoms with Crippen molar-refractivity contribution in [3.05, 3.63) is 71.3 Å². The Hall–Kier alpha value is -1.69. The van der Waals surface area contributed by atoms with Crippen LogP contribution in [0.15, 0.2) is 54.6 Å². The van der Waals surface area contributed by atoms with Crippen molar-refractivity contribution in [2.75, 3.05) is 5.75 Å². The van der Waals surface area contributed by atoms with Crippen molar-refractivity contribution in [1.29, 1.82) is 0 Å². The molecule has 0 atom stereocenters. The Morgan fingerprint density at radius 1 is 0.852 bits per heavy atom. The average Bonchev–Trinajstić information content (AvgIpc) is 2.69. The quantitative estimate of drug-likeness (QED) is 0.694. The van der Waals surface area contributed by atoms with Crippen molar-refractivity contribution in [2.45, 2.75) is 51.9 Å². The molecule has 0 saturated heterocycles. The van der Waals surface area contributed by atoms with E-state index in [1.165, 1.54) is 6.42 Å². The zero-order chi connectivity index (χ0) is 19.0. The van der Waals surface area contributed by atoms with Crippen LogP contribution in [-0.4, -0.2) is 14.2 Å². The second-order valence-corrected chi connectivity index (χ2v) is 9.21. The number of hydrogen-bond donors (Lipinski definition) is 1. The molecule has 0 aliphatic heterocycles. The third kappa shape index (κ3) is 6.76. The van der Waals surface area contributed by atoms with Gasteiger partial charge in [-0.25, -0.2) is 13.1 Å². The SMILES string of the molecule is O=S(=O)(CC1CCCCC1)NCc1ccccc1COCc1ccccc1. The molecular formula is C22H29NO3S. The molecule has 2 aromatic rings. The predicted octanol–water partition coefficient (Wildman–Crippen LogP) is 4.40. The zero-order valence-corrected chi connectivity index (χ0v) is 16.6. The third-order valence-corrected chi connectivity index (χ3v) is 6.64. The molecule has 0 radical (unpaired) electrons. The maximum Gasteiger partial charge on any atom is 0.212 e. The van der Waals surface area contributed by atoms with Crippen molar-refractivity contribution in [2.24, 2.45) is 5.92 Å². The molecule has 0 aromatic heterocycles. The Kier molecular flexibility index (Phi) is 7.44. The van der Waals surface area contributed by atoms with Crippen LogP contribution in [0.25, 0.3) is 0 Å². The van der Waals surface area contributed by atoms with Gasteiger partial charge in [-0.3, -0.25) is 0 Å². The largest absolute Gasteiger partial charge is 0.372 e. The summed E-state index contributed by atoms with van der Waals surface area (Å²) in [5.74, 6) is 0.556. The maximum atomic E-state index is 12.4. The van der Waals surface area contributed by atoms with Gasteiger partial charge in [0.25, 0.3) is 0 Å². The topological polar surface area (TPSA) is 55.4 Å². The summed E-state index contributed by atoms with van der Waals surface area (Å²) in [6.07, 6.45) is 5.61. The molecule has 1 saturated carbocycles. The molecule has 146 valence electrons. The van der Waals surface area contributed by atoms with Gasteiger partial charge in [0, 0.05) is 6.54 Å². The molecule has 0 bridgehead atoms. The van der Waals surface area contributed by atoms with Crippen molar-refractivity contribution in [1.82, 2.24) is 4.72 Å². The normalized spacial score (nSPS) is 15.7. The van der Waals surface area contributed by atoms with Crippen LogP contribution in [0.3, 0.4) is 0 Å². The highest BCUT2D eigenvalue weighted by atomic mass is 32.2. The molecule has 1 N–H and O–H groups in total. The van der Waals surface area contributed by atoms with Gasteiger partial charge in [-0.05, 0) is 35.4 Å². The summed E-state index contributed by atoms with van der Waals surface area (Å²) in [5.41, 5.74) is 3.12. The monoisotopic (exact) mass is 387 g/mol. The molecule has 3 rings (SSSR count). The molecule has 0 unspecified atom stereocenters. The highest BCUT2D eigenvalue weighted by molar-refractivity contribution is 7.89. The van der Waals surface area contributed by atoms with Crippen LogP contribution >= 0.6 is 0 Å². The number of ether oxygens (including phenoxy) is 1. The maximum absolute atomic E-state index is 12.4. The first kappa shape index (κ1) is 20.1. The van der Waals surface area contributed by atoms with Gasteiger partial charge in [-0.1, -0.05) is 73.9 Å². The van der Waals surface area contributed by atoms with Gasteiger partial charge < -0.3 is 4.74 Å². The van der Waals surface area contributed by atoms with E-state index in [-0.39, 0.29) is 5.75 Å². The fourth-order valence-electron chi connectivity index (χ4n) is 3.63. The second kappa shape index (κ2) is 10.0. The Morgan fingerprint density at radius 3 is 2.26 bits per heavy atom. The highest BCUT2D eigenvalue weighted by Crippen LogP contribution is 2.24. The lowest BCUT2D eigenvalue weighted by Crippen LogP contribution is -2.30. The minimum absolute atomic E-state index is 0.250. The molecule has 1 aliphatic rings. The molecule has 1 aliphatic carbocycles. The van der Waals surface area contributed by atoms with Crippen LogP contribution in [0.2, 0.25) is 0 Å². The molecule has 4 nitrogen and oxygen atoms in total. The average molecular weight is 388 g/mol. The number of rotatable bonds is 9. The Labute approximate surface area is 163 Å². The summed E-state index contributed by atoms with van der Waals surface area (Å²) in [7, 11) is -3.25. The van der Waals surface area contributed by atoms with E-state index in [1.54, 1.807) is 0 Å². The minimum atomic E-state index is -3.25. The van der Waals surface area contributed by atoms with Crippen LogP contribution < -0.4 is 4.72 Å². The van der Waals surface area contributed by atoms with Gasteiger partial charge in [0.15, 0.2) is 0 Å². The molecule has 27 heavy (non-hydrogen) atoms. The van der Waals surface area contributed by atoms with Gasteiger partial charge in [0.05, 0.1) is 19.0 Å². The first-order valence-electron chi connectivity index (χ1n) is 9.78. The molecule has 2 aromatic carbocycles. The lowest BCUT2D eigenvalue weighted by Gasteiger charge is -2.21. The van der Waals surface area contributed by atoms with E-state index in [2.05, 4.69) is 4.72 Å². The summed E-state index contributed by atoms with van der Waals surface area (Å²) in [4.78, 5) is 0. The molecule has 0 spiro atoms. The van der Waals surface area contributed by atoms with Crippen molar-refractivity contribution in [3.63, 3.8) is 0 Å². The fraction of sp³-hybridized carbons (Fsp3) is 0.455. The van der Waals surface area contributed by atoms with Gasteiger partial charge in [0.1, 0.15) is 0 Å². The highest BCUT2D eigenvalue weighted by Gasteiger charge is 2.21. The Bertz CT molecular complexity index is 799. The van der Waals surface area contributed by atoms with E-state index in [0.29, 0.717) is 25.7 Å². The van der Waals surface area contributed by atoms with Gasteiger partial charge in [0.2, 0.25) is 10.0 Å². The number of benzene rings is 2.